The van der Waals surface area contributed by atoms with E-state index in [1.807, 2.05) is 20.8 Å². The van der Waals surface area contributed by atoms with Crippen LogP contribution in [-0.2, 0) is 23.2 Å². The van der Waals surface area contributed by atoms with Crippen LogP contribution in [0.3, 0.4) is 0 Å². The third-order valence-electron chi connectivity index (χ3n) is 4.08. The molecule has 26 heavy (non-hydrogen) atoms. The second-order valence-corrected chi connectivity index (χ2v) is 9.21. The molecule has 2 amide bonds. The number of nitrogens with one attached hydrogen (secondary N) is 1. The molecule has 0 saturated carbocycles. The number of rotatable bonds is 5. The fraction of sp³-hybridized carbons (Fsp3) is 0.562. The van der Waals surface area contributed by atoms with Crippen molar-refractivity contribution in [2.45, 2.75) is 57.1 Å². The second-order valence-electron chi connectivity index (χ2n) is 7.16. The first-order valence-corrected chi connectivity index (χ1v) is 10.2. The van der Waals surface area contributed by atoms with E-state index in [0.717, 1.165) is 36.1 Å². The third kappa shape index (κ3) is 3.90. The van der Waals surface area contributed by atoms with Crippen LogP contribution in [0, 0.1) is 0 Å². The van der Waals surface area contributed by atoms with Crippen LogP contribution >= 0.6 is 23.1 Å². The molecule has 3 N–H and O–H groups in total. The third-order valence-corrected chi connectivity index (χ3v) is 6.21. The number of carbonyl (C=O) groups excluding carboxylic acids is 2. The van der Waals surface area contributed by atoms with Gasteiger partial charge in [-0.25, -0.2) is 4.68 Å². The molecule has 0 bridgehead atoms. The predicted octanol–water partition coefficient (Wildman–Crippen LogP) is 2.20. The quantitative estimate of drug-likeness (QED) is 0.751. The normalized spacial score (nSPS) is 14.1. The van der Waals surface area contributed by atoms with E-state index in [1.165, 1.54) is 23.1 Å². The number of thiophene rings is 1. The molecule has 2 heterocycles. The smallest absolute Gasteiger partial charge is 0.251 e. The zero-order chi connectivity index (χ0) is 18.9. The summed E-state index contributed by atoms with van der Waals surface area (Å²) < 4.78 is 1.68. The molecule has 0 saturated heterocycles. The first-order chi connectivity index (χ1) is 12.3. The molecule has 0 unspecified atom stereocenters. The van der Waals surface area contributed by atoms with Crippen molar-refractivity contribution >= 4 is 39.9 Å². The van der Waals surface area contributed by atoms with Gasteiger partial charge in [-0.05, 0) is 62.4 Å². The maximum Gasteiger partial charge on any atom is 0.251 e. The Morgan fingerprint density at radius 3 is 2.73 bits per heavy atom. The van der Waals surface area contributed by atoms with E-state index in [2.05, 4.69) is 20.8 Å². The molecule has 1 aliphatic rings. The Morgan fingerprint density at radius 1 is 1.31 bits per heavy atom. The van der Waals surface area contributed by atoms with Crippen LogP contribution in [0.15, 0.2) is 5.16 Å². The number of primary amides is 1. The van der Waals surface area contributed by atoms with E-state index in [4.69, 9.17) is 5.73 Å². The van der Waals surface area contributed by atoms with Gasteiger partial charge in [0.25, 0.3) is 5.91 Å². The van der Waals surface area contributed by atoms with Gasteiger partial charge in [-0.1, -0.05) is 11.8 Å². The van der Waals surface area contributed by atoms with Crippen molar-refractivity contribution in [2.75, 3.05) is 11.1 Å². The number of aromatic nitrogens is 4. The highest BCUT2D eigenvalue weighted by Crippen LogP contribution is 2.38. The number of hydrogen-bond acceptors (Lipinski definition) is 7. The van der Waals surface area contributed by atoms with Gasteiger partial charge in [0.2, 0.25) is 11.1 Å². The summed E-state index contributed by atoms with van der Waals surface area (Å²) in [7, 11) is 0. The largest absolute Gasteiger partial charge is 0.365 e. The van der Waals surface area contributed by atoms with Gasteiger partial charge >= 0.3 is 0 Å². The van der Waals surface area contributed by atoms with Gasteiger partial charge in [0, 0.05) is 4.88 Å². The molecular formula is C16H22N6O2S2. The molecule has 0 aromatic carbocycles. The Labute approximate surface area is 159 Å². The summed E-state index contributed by atoms with van der Waals surface area (Å²) in [5, 5.41) is 15.6. The molecule has 0 radical (unpaired) electrons. The summed E-state index contributed by atoms with van der Waals surface area (Å²) in [6.45, 7) is 5.97. The summed E-state index contributed by atoms with van der Waals surface area (Å²) >= 11 is 2.72. The lowest BCUT2D eigenvalue weighted by Crippen LogP contribution is -2.25. The van der Waals surface area contributed by atoms with E-state index in [1.54, 1.807) is 4.68 Å². The minimum absolute atomic E-state index is 0.150. The van der Waals surface area contributed by atoms with Crippen molar-refractivity contribution in [3.8, 4) is 0 Å². The van der Waals surface area contributed by atoms with Crippen molar-refractivity contribution in [1.82, 2.24) is 20.2 Å². The number of fused-ring (bicyclic) bond motifs is 1. The van der Waals surface area contributed by atoms with Crippen LogP contribution in [0.25, 0.3) is 0 Å². The fourth-order valence-corrected chi connectivity index (χ4v) is 5.07. The molecular weight excluding hydrogens is 372 g/mol. The Morgan fingerprint density at radius 2 is 2.04 bits per heavy atom. The number of hydrogen-bond donors (Lipinski definition) is 2. The van der Waals surface area contributed by atoms with Crippen LogP contribution < -0.4 is 11.1 Å². The van der Waals surface area contributed by atoms with Gasteiger partial charge < -0.3 is 11.1 Å². The number of carbonyl (C=O) groups is 2. The molecule has 2 aromatic rings. The highest BCUT2D eigenvalue weighted by Gasteiger charge is 2.25. The van der Waals surface area contributed by atoms with Gasteiger partial charge in [-0.3, -0.25) is 9.59 Å². The summed E-state index contributed by atoms with van der Waals surface area (Å²) in [6.07, 6.45) is 3.92. The number of aryl methyl sites for hydroxylation is 1. The number of nitrogens with zero attached hydrogens (tertiary/aromatic N) is 4. The number of tetrazole rings is 1. The minimum Gasteiger partial charge on any atom is -0.365 e. The molecule has 8 nitrogen and oxygen atoms in total. The molecule has 140 valence electrons. The van der Waals surface area contributed by atoms with E-state index in [-0.39, 0.29) is 17.2 Å². The molecule has 0 fully saturated rings. The topological polar surface area (TPSA) is 116 Å². The summed E-state index contributed by atoms with van der Waals surface area (Å²) in [4.78, 5) is 25.4. The van der Waals surface area contributed by atoms with Crippen LogP contribution in [-0.4, -0.2) is 37.8 Å². The van der Waals surface area contributed by atoms with Crippen molar-refractivity contribution in [3.05, 3.63) is 16.0 Å². The number of anilines is 1. The minimum atomic E-state index is -0.482. The highest BCUT2D eigenvalue weighted by atomic mass is 32.2. The lowest BCUT2D eigenvalue weighted by atomic mass is 9.95. The summed E-state index contributed by atoms with van der Waals surface area (Å²) in [6, 6.07) is 0. The molecule has 3 rings (SSSR count). The monoisotopic (exact) mass is 394 g/mol. The van der Waals surface area contributed by atoms with Crippen molar-refractivity contribution in [2.24, 2.45) is 5.73 Å². The fourth-order valence-electron chi connectivity index (χ4n) is 2.90. The number of nitrogens with two attached hydrogens (primary N) is 1. The van der Waals surface area contributed by atoms with Gasteiger partial charge in [-0.2, -0.15) is 0 Å². The molecule has 0 atom stereocenters. The Hall–Kier alpha value is -1.94. The van der Waals surface area contributed by atoms with Crippen LogP contribution in [0.5, 0.6) is 0 Å². The molecule has 2 aromatic heterocycles. The average Bonchev–Trinajstić information content (AvgIpc) is 3.16. The molecule has 0 spiro atoms. The van der Waals surface area contributed by atoms with Gasteiger partial charge in [0.15, 0.2) is 0 Å². The summed E-state index contributed by atoms with van der Waals surface area (Å²) in [5.74, 6) is -0.541. The average molecular weight is 395 g/mol. The van der Waals surface area contributed by atoms with Crippen molar-refractivity contribution < 1.29 is 9.59 Å². The Kier molecular flexibility index (Phi) is 5.33. The van der Waals surface area contributed by atoms with Gasteiger partial charge in [0.1, 0.15) is 5.00 Å². The zero-order valence-electron chi connectivity index (χ0n) is 15.0. The second kappa shape index (κ2) is 7.36. The first kappa shape index (κ1) is 18.8. The maximum absolute atomic E-state index is 12.4. The van der Waals surface area contributed by atoms with Crippen LogP contribution in [0.2, 0.25) is 0 Å². The van der Waals surface area contributed by atoms with Gasteiger partial charge in [0.05, 0.1) is 16.9 Å². The number of amides is 2. The first-order valence-electron chi connectivity index (χ1n) is 8.43. The van der Waals surface area contributed by atoms with Crippen molar-refractivity contribution in [1.29, 1.82) is 0 Å². The van der Waals surface area contributed by atoms with E-state index in [9.17, 15) is 9.59 Å². The predicted molar refractivity (Wildman–Crippen MR) is 102 cm³/mol. The zero-order valence-corrected chi connectivity index (χ0v) is 16.7. The standard InChI is InChI=1S/C16H22N6O2S2/c1-16(2,3)22-15(19-20-21-22)25-8-11(23)18-14-12(13(17)24)9-6-4-5-7-10(9)26-14/h4-8H2,1-3H3,(H2,17,24)(H,18,23). The van der Waals surface area contributed by atoms with Gasteiger partial charge in [-0.15, -0.1) is 16.4 Å². The maximum atomic E-state index is 12.4. The van der Waals surface area contributed by atoms with Crippen LogP contribution in [0.1, 0.15) is 54.4 Å². The van der Waals surface area contributed by atoms with Crippen molar-refractivity contribution in [3.63, 3.8) is 0 Å². The van der Waals surface area contributed by atoms with E-state index >= 15 is 0 Å². The number of thioether (sulfide) groups is 1. The lowest BCUT2D eigenvalue weighted by Gasteiger charge is -2.19. The summed E-state index contributed by atoms with van der Waals surface area (Å²) in [5.41, 5.74) is 6.77. The Balaban J connectivity index is 1.71. The van der Waals surface area contributed by atoms with Crippen LogP contribution in [0.4, 0.5) is 5.00 Å². The lowest BCUT2D eigenvalue weighted by molar-refractivity contribution is -0.113. The Bertz CT molecular complexity index is 836. The molecule has 1 aliphatic carbocycles. The molecule has 10 heteroatoms. The van der Waals surface area contributed by atoms with E-state index in [0.29, 0.717) is 15.7 Å². The van der Waals surface area contributed by atoms with E-state index < -0.39 is 5.91 Å². The SMILES string of the molecule is CC(C)(C)n1nnnc1SCC(=O)Nc1sc2c(c1C(N)=O)CCCC2. The molecule has 0 aliphatic heterocycles. The highest BCUT2D eigenvalue weighted by molar-refractivity contribution is 7.99.